The van der Waals surface area contributed by atoms with Crippen molar-refractivity contribution in [3.8, 4) is 0 Å². The number of hydrogen-bond donors (Lipinski definition) is 0. The number of alkyl halides is 1. The van der Waals surface area contributed by atoms with Crippen LogP contribution in [-0.2, 0) is 0 Å². The van der Waals surface area contributed by atoms with E-state index >= 15 is 0 Å². The molecule has 0 bridgehead atoms. The Hall–Kier alpha value is -0.230. The van der Waals surface area contributed by atoms with Gasteiger partial charge < -0.3 is 4.85 Å². The molecular formula is C7H10FNS. The Morgan fingerprint density at radius 3 is 2.40 bits per heavy atom. The molecule has 3 heteroatoms. The maximum Gasteiger partial charge on any atom is 0.262 e. The molecule has 0 aromatic heterocycles. The highest BCUT2D eigenvalue weighted by molar-refractivity contribution is 7.99. The molecule has 0 N–H and O–H groups in total. The molecule has 1 aliphatic rings. The molecule has 0 saturated carbocycles. The minimum atomic E-state index is -0.634. The maximum atomic E-state index is 12.3. The Balaban J connectivity index is 2.55. The molecule has 1 heterocycles. The number of thioether (sulfide) groups is 1. The van der Waals surface area contributed by atoms with Crippen LogP contribution < -0.4 is 0 Å². The van der Waals surface area contributed by atoms with Crippen LogP contribution in [0.2, 0.25) is 0 Å². The first-order valence-electron chi connectivity index (χ1n) is 3.35. The zero-order valence-electron chi connectivity index (χ0n) is 5.77. The molecule has 0 aliphatic carbocycles. The summed E-state index contributed by atoms with van der Waals surface area (Å²) in [6, 6.07) is 0. The van der Waals surface area contributed by atoms with E-state index in [4.69, 9.17) is 6.57 Å². The summed E-state index contributed by atoms with van der Waals surface area (Å²) >= 11 is 1.82. The van der Waals surface area contributed by atoms with Crippen LogP contribution in [0.5, 0.6) is 0 Å². The molecule has 0 unspecified atom stereocenters. The van der Waals surface area contributed by atoms with E-state index in [1.807, 2.05) is 11.8 Å². The lowest BCUT2D eigenvalue weighted by Gasteiger charge is -2.22. The van der Waals surface area contributed by atoms with Crippen LogP contribution in [0, 0.1) is 6.57 Å². The molecule has 0 atom stereocenters. The van der Waals surface area contributed by atoms with Crippen molar-refractivity contribution in [1.29, 1.82) is 0 Å². The summed E-state index contributed by atoms with van der Waals surface area (Å²) in [6.07, 6.45) is 1.47. The van der Waals surface area contributed by atoms with Gasteiger partial charge in [0.15, 0.2) is 6.67 Å². The van der Waals surface area contributed by atoms with Gasteiger partial charge in [-0.1, -0.05) is 0 Å². The summed E-state index contributed by atoms with van der Waals surface area (Å²) in [5.74, 6) is 1.90. The van der Waals surface area contributed by atoms with Gasteiger partial charge in [0.1, 0.15) is 0 Å². The van der Waals surface area contributed by atoms with E-state index in [0.29, 0.717) is 0 Å². The minimum Gasteiger partial charge on any atom is -0.307 e. The summed E-state index contributed by atoms with van der Waals surface area (Å²) in [6.45, 7) is 6.36. The predicted molar refractivity (Wildman–Crippen MR) is 41.9 cm³/mol. The van der Waals surface area contributed by atoms with E-state index in [2.05, 4.69) is 4.85 Å². The van der Waals surface area contributed by atoms with Crippen molar-refractivity contribution < 1.29 is 4.39 Å². The number of halogens is 1. The summed E-state index contributed by atoms with van der Waals surface area (Å²) in [5, 5.41) is 0. The van der Waals surface area contributed by atoms with Crippen LogP contribution in [0.1, 0.15) is 12.8 Å². The minimum absolute atomic E-state index is 0.461. The molecule has 56 valence electrons. The lowest BCUT2D eigenvalue weighted by molar-refractivity contribution is 0.333. The van der Waals surface area contributed by atoms with Crippen molar-refractivity contribution in [3.05, 3.63) is 11.4 Å². The SMILES string of the molecule is [C-]#[N+]C1(CF)CCSCC1. The van der Waals surface area contributed by atoms with Crippen molar-refractivity contribution in [3.63, 3.8) is 0 Å². The summed E-state index contributed by atoms with van der Waals surface area (Å²) in [5.41, 5.74) is -0.634. The zero-order chi connectivity index (χ0) is 7.45. The topological polar surface area (TPSA) is 4.36 Å². The highest BCUT2D eigenvalue weighted by atomic mass is 32.2. The van der Waals surface area contributed by atoms with E-state index in [0.717, 1.165) is 24.3 Å². The average molecular weight is 159 g/mol. The molecule has 0 spiro atoms. The van der Waals surface area contributed by atoms with Crippen molar-refractivity contribution >= 4 is 11.8 Å². The molecule has 1 nitrogen and oxygen atoms in total. The van der Waals surface area contributed by atoms with Gasteiger partial charge in [0.05, 0.1) is 0 Å². The first-order chi connectivity index (χ1) is 4.83. The third-order valence-electron chi connectivity index (χ3n) is 1.91. The van der Waals surface area contributed by atoms with E-state index in [9.17, 15) is 4.39 Å². The number of rotatable bonds is 1. The second-order valence-electron chi connectivity index (χ2n) is 2.58. The van der Waals surface area contributed by atoms with Gasteiger partial charge in [-0.3, -0.25) is 0 Å². The Morgan fingerprint density at radius 2 is 2.10 bits per heavy atom. The second-order valence-corrected chi connectivity index (χ2v) is 3.81. The number of hydrogen-bond acceptors (Lipinski definition) is 1. The lowest BCUT2D eigenvalue weighted by atomic mass is 9.95. The monoisotopic (exact) mass is 159 g/mol. The second kappa shape index (κ2) is 3.25. The number of nitrogens with zero attached hydrogens (tertiary/aromatic N) is 1. The smallest absolute Gasteiger partial charge is 0.262 e. The van der Waals surface area contributed by atoms with Gasteiger partial charge in [0, 0.05) is 24.3 Å². The zero-order valence-corrected chi connectivity index (χ0v) is 6.59. The van der Waals surface area contributed by atoms with Gasteiger partial charge in [-0.2, -0.15) is 11.8 Å². The van der Waals surface area contributed by atoms with Crippen LogP contribution in [0.15, 0.2) is 0 Å². The van der Waals surface area contributed by atoms with Crippen LogP contribution in [0.25, 0.3) is 4.85 Å². The summed E-state index contributed by atoms with van der Waals surface area (Å²) in [7, 11) is 0. The fourth-order valence-electron chi connectivity index (χ4n) is 1.03. The molecule has 1 fully saturated rings. The highest BCUT2D eigenvalue weighted by Crippen LogP contribution is 2.30. The van der Waals surface area contributed by atoms with Gasteiger partial charge in [-0.25, -0.2) is 11.0 Å². The van der Waals surface area contributed by atoms with Crippen molar-refractivity contribution in [2.24, 2.45) is 0 Å². The van der Waals surface area contributed by atoms with Gasteiger partial charge >= 0.3 is 0 Å². The van der Waals surface area contributed by atoms with Crippen LogP contribution >= 0.6 is 11.8 Å². The van der Waals surface area contributed by atoms with E-state index < -0.39 is 12.2 Å². The van der Waals surface area contributed by atoms with E-state index in [1.165, 1.54) is 0 Å². The normalized spacial score (nSPS) is 23.6. The quantitative estimate of drug-likeness (QED) is 0.530. The molecule has 1 rings (SSSR count). The van der Waals surface area contributed by atoms with Gasteiger partial charge in [-0.15, -0.1) is 0 Å². The Labute approximate surface area is 64.8 Å². The Morgan fingerprint density at radius 1 is 1.50 bits per heavy atom. The van der Waals surface area contributed by atoms with Crippen LogP contribution in [0.4, 0.5) is 4.39 Å². The van der Waals surface area contributed by atoms with Gasteiger partial charge in [0.2, 0.25) is 0 Å². The molecule has 1 aliphatic heterocycles. The lowest BCUT2D eigenvalue weighted by Crippen LogP contribution is -2.31. The average Bonchev–Trinajstić information content (AvgIpc) is 2.06. The van der Waals surface area contributed by atoms with Crippen molar-refractivity contribution in [2.75, 3.05) is 18.2 Å². The largest absolute Gasteiger partial charge is 0.307 e. The third-order valence-corrected chi connectivity index (χ3v) is 2.90. The molecule has 0 amide bonds. The van der Waals surface area contributed by atoms with Crippen molar-refractivity contribution in [1.82, 2.24) is 0 Å². The van der Waals surface area contributed by atoms with E-state index in [1.54, 1.807) is 0 Å². The Bertz CT molecular complexity index is 146. The maximum absolute atomic E-state index is 12.3. The molecule has 10 heavy (non-hydrogen) atoms. The first kappa shape index (κ1) is 7.87. The van der Waals surface area contributed by atoms with E-state index in [-0.39, 0.29) is 0 Å². The summed E-state index contributed by atoms with van der Waals surface area (Å²) < 4.78 is 12.3. The third kappa shape index (κ3) is 1.43. The first-order valence-corrected chi connectivity index (χ1v) is 4.51. The molecule has 0 radical (unpaired) electrons. The molecular weight excluding hydrogens is 149 g/mol. The van der Waals surface area contributed by atoms with Crippen LogP contribution in [0.3, 0.4) is 0 Å². The fraction of sp³-hybridized carbons (Fsp3) is 0.857. The van der Waals surface area contributed by atoms with Gasteiger partial charge in [0.25, 0.3) is 5.54 Å². The van der Waals surface area contributed by atoms with Gasteiger partial charge in [-0.05, 0) is 0 Å². The standard InChI is InChI=1S/C7H10FNS/c1-9-7(6-8)2-4-10-5-3-7/h2-6H2. The molecule has 0 aromatic rings. The predicted octanol–water partition coefficient (Wildman–Crippen LogP) is 2.14. The molecule has 0 aromatic carbocycles. The Kier molecular flexibility index (Phi) is 2.56. The highest BCUT2D eigenvalue weighted by Gasteiger charge is 2.38. The molecule has 1 saturated heterocycles. The van der Waals surface area contributed by atoms with Crippen LogP contribution in [-0.4, -0.2) is 23.7 Å². The fourth-order valence-corrected chi connectivity index (χ4v) is 2.28. The summed E-state index contributed by atoms with van der Waals surface area (Å²) in [4.78, 5) is 3.36. The van der Waals surface area contributed by atoms with Crippen molar-refractivity contribution in [2.45, 2.75) is 18.4 Å².